The van der Waals surface area contributed by atoms with Crippen LogP contribution in [0, 0.1) is 0 Å². The number of nitrogens with zero attached hydrogens (tertiary/aromatic N) is 1. The van der Waals surface area contributed by atoms with Crippen LogP contribution in [0.4, 0.5) is 4.79 Å². The quantitative estimate of drug-likeness (QED) is 0.643. The van der Waals surface area contributed by atoms with Crippen LogP contribution in [-0.2, 0) is 20.7 Å². The smallest absolute Gasteiger partial charge is 0.408 e. The molecule has 1 heterocycles. The third kappa shape index (κ3) is 3.96. The molecule has 1 aliphatic rings. The third-order valence-electron chi connectivity index (χ3n) is 4.71. The second kappa shape index (κ2) is 8.18. The van der Waals surface area contributed by atoms with E-state index in [0.717, 1.165) is 17.6 Å². The van der Waals surface area contributed by atoms with Gasteiger partial charge in [-0.15, -0.1) is 0 Å². The number of hydrogen-bond donors (Lipinski definition) is 3. The molecule has 8 heteroatoms. The Morgan fingerprint density at radius 1 is 1.31 bits per heavy atom. The maximum absolute atomic E-state index is 13.1. The van der Waals surface area contributed by atoms with Crippen molar-refractivity contribution in [2.45, 2.75) is 43.9 Å². The maximum atomic E-state index is 13.1. The Kier molecular flexibility index (Phi) is 6.20. The third-order valence-corrected chi connectivity index (χ3v) is 4.71. The Bertz CT molecular complexity index is 663. The number of methoxy groups -OCH3 is 1. The second-order valence-corrected chi connectivity index (χ2v) is 6.45. The summed E-state index contributed by atoms with van der Waals surface area (Å²) in [6, 6.07) is 7.83. The summed E-state index contributed by atoms with van der Waals surface area (Å²) in [5.74, 6) is -1.40. The fourth-order valence-corrected chi connectivity index (χ4v) is 3.37. The Hall–Kier alpha value is -2.61. The van der Waals surface area contributed by atoms with Gasteiger partial charge >= 0.3 is 12.1 Å². The summed E-state index contributed by atoms with van der Waals surface area (Å²) in [6.07, 6.45) is -1.34. The zero-order valence-electron chi connectivity index (χ0n) is 14.8. The standard InChI is InChI=1S/C18H24N2O6/c1-12(21)14(15(22)26-2)19-16(23)18(9-6-10-20(18)17(24)25)11-13-7-4-3-5-8-13/h3-5,7-8,12,14,21H,6,9-11H2,1-2H3,(H,19,23)(H,24,25)/t12-,14+,18?/m1/s1. The largest absolute Gasteiger partial charge is 0.467 e. The second-order valence-electron chi connectivity index (χ2n) is 6.45. The van der Waals surface area contributed by atoms with Crippen molar-refractivity contribution in [3.8, 4) is 0 Å². The Balaban J connectivity index is 2.35. The van der Waals surface area contributed by atoms with Crippen LogP contribution in [0.2, 0.25) is 0 Å². The van der Waals surface area contributed by atoms with Crippen molar-refractivity contribution in [3.05, 3.63) is 35.9 Å². The van der Waals surface area contributed by atoms with Crippen LogP contribution in [-0.4, -0.2) is 64.4 Å². The lowest BCUT2D eigenvalue weighted by atomic mass is 9.86. The fourth-order valence-electron chi connectivity index (χ4n) is 3.37. The number of carbonyl (C=O) groups is 3. The number of benzene rings is 1. The van der Waals surface area contributed by atoms with Crippen LogP contribution in [0.5, 0.6) is 0 Å². The average molecular weight is 364 g/mol. The molecule has 0 radical (unpaired) electrons. The Morgan fingerprint density at radius 2 is 1.96 bits per heavy atom. The van der Waals surface area contributed by atoms with E-state index in [2.05, 4.69) is 10.1 Å². The summed E-state index contributed by atoms with van der Waals surface area (Å²) in [5, 5.41) is 21.9. The van der Waals surface area contributed by atoms with Crippen molar-refractivity contribution in [1.82, 2.24) is 10.2 Å². The predicted molar refractivity (Wildman–Crippen MR) is 92.5 cm³/mol. The van der Waals surface area contributed by atoms with Crippen LogP contribution in [0.15, 0.2) is 30.3 Å². The molecule has 0 aliphatic carbocycles. The molecule has 2 amide bonds. The molecule has 1 fully saturated rings. The molecule has 1 unspecified atom stereocenters. The SMILES string of the molecule is COC(=O)[C@@H](NC(=O)C1(Cc2ccccc2)CCCN1C(=O)O)[C@@H](C)O. The van der Waals surface area contributed by atoms with Gasteiger partial charge in [-0.2, -0.15) is 0 Å². The fraction of sp³-hybridized carbons (Fsp3) is 0.500. The number of amides is 2. The summed E-state index contributed by atoms with van der Waals surface area (Å²) >= 11 is 0. The van der Waals surface area contributed by atoms with Crippen molar-refractivity contribution >= 4 is 18.0 Å². The number of carboxylic acid groups (broad SMARTS) is 1. The lowest BCUT2D eigenvalue weighted by molar-refractivity contribution is -0.149. The number of aliphatic hydroxyl groups is 1. The Morgan fingerprint density at radius 3 is 2.50 bits per heavy atom. The molecule has 1 aromatic rings. The minimum Gasteiger partial charge on any atom is -0.467 e. The molecular weight excluding hydrogens is 340 g/mol. The molecule has 0 saturated carbocycles. The normalized spacial score (nSPS) is 21.7. The first-order chi connectivity index (χ1) is 12.3. The maximum Gasteiger partial charge on any atom is 0.408 e. The van der Waals surface area contributed by atoms with Crippen LogP contribution in [0.3, 0.4) is 0 Å². The number of likely N-dealkylation sites (tertiary alicyclic amines) is 1. The first-order valence-corrected chi connectivity index (χ1v) is 8.43. The van der Waals surface area contributed by atoms with Gasteiger partial charge in [0, 0.05) is 13.0 Å². The zero-order valence-corrected chi connectivity index (χ0v) is 14.8. The lowest BCUT2D eigenvalue weighted by Gasteiger charge is -2.36. The number of nitrogens with one attached hydrogen (secondary N) is 1. The van der Waals surface area contributed by atoms with Gasteiger partial charge in [0.25, 0.3) is 0 Å². The summed E-state index contributed by atoms with van der Waals surface area (Å²) in [7, 11) is 1.16. The van der Waals surface area contributed by atoms with Gasteiger partial charge in [-0.05, 0) is 25.3 Å². The van der Waals surface area contributed by atoms with Gasteiger partial charge in [0.1, 0.15) is 5.54 Å². The number of ether oxygens (including phenoxy) is 1. The van der Waals surface area contributed by atoms with E-state index in [9.17, 15) is 24.6 Å². The minimum absolute atomic E-state index is 0.180. The van der Waals surface area contributed by atoms with E-state index in [4.69, 9.17) is 0 Å². The van der Waals surface area contributed by atoms with Gasteiger partial charge in [0.2, 0.25) is 5.91 Å². The molecule has 0 spiro atoms. The van der Waals surface area contributed by atoms with Crippen molar-refractivity contribution in [2.75, 3.05) is 13.7 Å². The topological polar surface area (TPSA) is 116 Å². The number of hydrogen-bond acceptors (Lipinski definition) is 5. The van der Waals surface area contributed by atoms with Gasteiger partial charge in [-0.25, -0.2) is 9.59 Å². The molecule has 1 saturated heterocycles. The van der Waals surface area contributed by atoms with Crippen molar-refractivity contribution in [3.63, 3.8) is 0 Å². The zero-order chi connectivity index (χ0) is 19.3. The molecule has 2 rings (SSSR count). The molecule has 3 atom stereocenters. The highest BCUT2D eigenvalue weighted by Crippen LogP contribution is 2.33. The molecule has 0 aromatic heterocycles. The first-order valence-electron chi connectivity index (χ1n) is 8.43. The summed E-state index contributed by atoms with van der Waals surface area (Å²) in [5.41, 5.74) is -0.531. The molecule has 142 valence electrons. The predicted octanol–water partition coefficient (Wildman–Crippen LogP) is 0.780. The highest BCUT2D eigenvalue weighted by Gasteiger charge is 2.51. The number of carbonyl (C=O) groups excluding carboxylic acids is 2. The van der Waals surface area contributed by atoms with Gasteiger partial charge in [-0.1, -0.05) is 30.3 Å². The molecule has 1 aliphatic heterocycles. The summed E-state index contributed by atoms with van der Waals surface area (Å²) < 4.78 is 4.62. The van der Waals surface area contributed by atoms with Crippen molar-refractivity contribution in [2.24, 2.45) is 0 Å². The van der Waals surface area contributed by atoms with E-state index in [1.54, 1.807) is 0 Å². The highest BCUT2D eigenvalue weighted by molar-refractivity contribution is 5.93. The van der Waals surface area contributed by atoms with Gasteiger partial charge in [-0.3, -0.25) is 9.69 Å². The van der Waals surface area contributed by atoms with E-state index in [1.165, 1.54) is 6.92 Å². The van der Waals surface area contributed by atoms with Crippen molar-refractivity contribution in [1.29, 1.82) is 0 Å². The summed E-state index contributed by atoms with van der Waals surface area (Å²) in [4.78, 5) is 37.8. The van der Waals surface area contributed by atoms with E-state index in [1.807, 2.05) is 30.3 Å². The number of esters is 1. The van der Waals surface area contributed by atoms with Crippen LogP contribution >= 0.6 is 0 Å². The van der Waals surface area contributed by atoms with Crippen molar-refractivity contribution < 1.29 is 29.3 Å². The average Bonchev–Trinajstić information content (AvgIpc) is 3.04. The minimum atomic E-state index is -1.34. The van der Waals surface area contributed by atoms with E-state index < -0.39 is 35.7 Å². The molecule has 3 N–H and O–H groups in total. The highest BCUT2D eigenvalue weighted by atomic mass is 16.5. The number of rotatable bonds is 6. The molecule has 26 heavy (non-hydrogen) atoms. The van der Waals surface area contributed by atoms with Gasteiger partial charge < -0.3 is 20.3 Å². The van der Waals surface area contributed by atoms with Gasteiger partial charge in [0.05, 0.1) is 13.2 Å². The van der Waals surface area contributed by atoms with Crippen LogP contribution in [0.1, 0.15) is 25.3 Å². The van der Waals surface area contributed by atoms with Crippen LogP contribution in [0.25, 0.3) is 0 Å². The van der Waals surface area contributed by atoms with E-state index >= 15 is 0 Å². The van der Waals surface area contributed by atoms with Crippen LogP contribution < -0.4 is 5.32 Å². The number of aliphatic hydroxyl groups excluding tert-OH is 1. The van der Waals surface area contributed by atoms with E-state index in [0.29, 0.717) is 12.8 Å². The lowest BCUT2D eigenvalue weighted by Crippen LogP contribution is -2.62. The molecule has 0 bridgehead atoms. The Labute approximate surface area is 151 Å². The molecule has 1 aromatic carbocycles. The molecular formula is C18H24N2O6. The van der Waals surface area contributed by atoms with Gasteiger partial charge in [0.15, 0.2) is 6.04 Å². The summed E-state index contributed by atoms with van der Waals surface area (Å²) in [6.45, 7) is 1.59. The van der Waals surface area contributed by atoms with E-state index in [-0.39, 0.29) is 13.0 Å². The first kappa shape index (κ1) is 19.7. The molecule has 8 nitrogen and oxygen atoms in total. The monoisotopic (exact) mass is 364 g/mol.